The van der Waals surface area contributed by atoms with Crippen LogP contribution in [0, 0.1) is 11.8 Å². The van der Waals surface area contributed by atoms with Gasteiger partial charge in [-0.3, -0.25) is 0 Å². The Balaban J connectivity index is 1.58. The van der Waals surface area contributed by atoms with E-state index in [0.29, 0.717) is 0 Å². The van der Waals surface area contributed by atoms with Crippen LogP contribution >= 0.6 is 0 Å². The molecular formula is C16H32N2O. The summed E-state index contributed by atoms with van der Waals surface area (Å²) in [7, 11) is 4.51. The molecule has 0 aromatic rings. The summed E-state index contributed by atoms with van der Waals surface area (Å²) >= 11 is 0. The van der Waals surface area contributed by atoms with Crippen LogP contribution < -0.4 is 0 Å². The number of rotatable bonds is 5. The van der Waals surface area contributed by atoms with Crippen molar-refractivity contribution < 1.29 is 5.11 Å². The number of nitrogens with zero attached hydrogens (tertiary/aromatic N) is 2. The van der Waals surface area contributed by atoms with Crippen LogP contribution in [-0.4, -0.2) is 61.3 Å². The van der Waals surface area contributed by atoms with Crippen LogP contribution in [-0.2, 0) is 0 Å². The molecule has 1 saturated carbocycles. The van der Waals surface area contributed by atoms with E-state index in [-0.39, 0.29) is 6.10 Å². The summed E-state index contributed by atoms with van der Waals surface area (Å²) in [5.41, 5.74) is 0. The third-order valence-electron chi connectivity index (χ3n) is 5.14. The molecule has 0 amide bonds. The molecule has 1 heterocycles. The van der Waals surface area contributed by atoms with E-state index < -0.39 is 0 Å². The van der Waals surface area contributed by atoms with Crippen LogP contribution in [0.25, 0.3) is 0 Å². The molecule has 0 unspecified atom stereocenters. The number of aliphatic hydroxyl groups excluding tert-OH is 1. The molecule has 2 fully saturated rings. The highest BCUT2D eigenvalue weighted by Crippen LogP contribution is 2.25. The Morgan fingerprint density at radius 3 is 2.26 bits per heavy atom. The first-order valence-corrected chi connectivity index (χ1v) is 8.18. The average molecular weight is 268 g/mol. The second-order valence-corrected chi connectivity index (χ2v) is 6.97. The van der Waals surface area contributed by atoms with E-state index in [4.69, 9.17) is 0 Å². The lowest BCUT2D eigenvalue weighted by Gasteiger charge is -2.32. The molecule has 112 valence electrons. The molecule has 0 spiro atoms. The Morgan fingerprint density at radius 1 is 1.00 bits per heavy atom. The smallest absolute Gasteiger partial charge is 0.0540 e. The first-order valence-electron chi connectivity index (χ1n) is 8.18. The molecule has 2 rings (SSSR count). The fourth-order valence-electron chi connectivity index (χ4n) is 3.61. The highest BCUT2D eigenvalue weighted by molar-refractivity contribution is 4.75. The minimum Gasteiger partial charge on any atom is -0.393 e. The Bertz CT molecular complexity index is 243. The van der Waals surface area contributed by atoms with Crippen LogP contribution in [0.4, 0.5) is 0 Å². The molecule has 1 aliphatic carbocycles. The zero-order valence-corrected chi connectivity index (χ0v) is 12.9. The molecule has 3 nitrogen and oxygen atoms in total. The van der Waals surface area contributed by atoms with Crippen LogP contribution in [0.5, 0.6) is 0 Å². The number of hydrogen-bond acceptors (Lipinski definition) is 3. The number of aliphatic hydroxyl groups is 1. The van der Waals surface area contributed by atoms with Gasteiger partial charge in [0.15, 0.2) is 0 Å². The van der Waals surface area contributed by atoms with Crippen molar-refractivity contribution in [2.75, 3.05) is 40.3 Å². The van der Waals surface area contributed by atoms with Crippen molar-refractivity contribution in [2.45, 2.75) is 51.0 Å². The van der Waals surface area contributed by atoms with Gasteiger partial charge in [-0.15, -0.1) is 0 Å². The first kappa shape index (κ1) is 15.3. The number of hydrogen-bond donors (Lipinski definition) is 1. The van der Waals surface area contributed by atoms with Crippen molar-refractivity contribution in [2.24, 2.45) is 11.8 Å². The van der Waals surface area contributed by atoms with E-state index in [9.17, 15) is 5.11 Å². The highest BCUT2D eigenvalue weighted by atomic mass is 16.3. The Kier molecular flexibility index (Phi) is 6.11. The lowest BCUT2D eigenvalue weighted by Crippen LogP contribution is -2.34. The van der Waals surface area contributed by atoms with Crippen molar-refractivity contribution >= 4 is 0 Å². The molecule has 2 aliphatic rings. The minimum absolute atomic E-state index is 0.0132. The van der Waals surface area contributed by atoms with E-state index in [1.807, 2.05) is 0 Å². The van der Waals surface area contributed by atoms with Gasteiger partial charge in [0.1, 0.15) is 0 Å². The van der Waals surface area contributed by atoms with Gasteiger partial charge in [0, 0.05) is 6.54 Å². The second kappa shape index (κ2) is 7.61. The molecule has 1 saturated heterocycles. The molecule has 0 aromatic carbocycles. The SMILES string of the molecule is CN1CCC(CCN(C)CC2CCC(O)CC2)CC1. The monoisotopic (exact) mass is 268 g/mol. The molecule has 0 bridgehead atoms. The van der Waals surface area contributed by atoms with Crippen LogP contribution in [0.3, 0.4) is 0 Å². The molecule has 1 N–H and O–H groups in total. The summed E-state index contributed by atoms with van der Waals surface area (Å²) in [5, 5.41) is 9.54. The van der Waals surface area contributed by atoms with Gasteiger partial charge in [0.25, 0.3) is 0 Å². The van der Waals surface area contributed by atoms with Gasteiger partial charge < -0.3 is 14.9 Å². The van der Waals surface area contributed by atoms with Crippen molar-refractivity contribution in [3.8, 4) is 0 Å². The molecule has 0 aromatic heterocycles. The van der Waals surface area contributed by atoms with E-state index in [1.165, 1.54) is 58.3 Å². The maximum atomic E-state index is 9.54. The Hall–Kier alpha value is -0.120. The van der Waals surface area contributed by atoms with Gasteiger partial charge >= 0.3 is 0 Å². The molecule has 0 atom stereocenters. The van der Waals surface area contributed by atoms with Gasteiger partial charge in [0.05, 0.1) is 6.10 Å². The summed E-state index contributed by atoms with van der Waals surface area (Å²) in [5.74, 6) is 1.78. The first-order chi connectivity index (χ1) is 9.13. The lowest BCUT2D eigenvalue weighted by molar-refractivity contribution is 0.0959. The summed E-state index contributed by atoms with van der Waals surface area (Å²) in [6.07, 6.45) is 8.63. The van der Waals surface area contributed by atoms with Crippen LogP contribution in [0.2, 0.25) is 0 Å². The fraction of sp³-hybridized carbons (Fsp3) is 1.00. The van der Waals surface area contributed by atoms with E-state index in [0.717, 1.165) is 24.7 Å². The number of piperidine rings is 1. The maximum absolute atomic E-state index is 9.54. The van der Waals surface area contributed by atoms with Crippen molar-refractivity contribution in [1.29, 1.82) is 0 Å². The van der Waals surface area contributed by atoms with Crippen molar-refractivity contribution in [3.63, 3.8) is 0 Å². The van der Waals surface area contributed by atoms with Gasteiger partial charge in [-0.25, -0.2) is 0 Å². The maximum Gasteiger partial charge on any atom is 0.0540 e. The second-order valence-electron chi connectivity index (χ2n) is 6.97. The van der Waals surface area contributed by atoms with E-state index in [1.54, 1.807) is 0 Å². The largest absolute Gasteiger partial charge is 0.393 e. The van der Waals surface area contributed by atoms with Gasteiger partial charge in [-0.05, 0) is 90.5 Å². The zero-order chi connectivity index (χ0) is 13.7. The third kappa shape index (κ3) is 5.41. The van der Waals surface area contributed by atoms with Gasteiger partial charge in [-0.1, -0.05) is 0 Å². The molecule has 0 radical (unpaired) electrons. The topological polar surface area (TPSA) is 26.7 Å². The Morgan fingerprint density at radius 2 is 1.63 bits per heavy atom. The normalized spacial score (nSPS) is 30.9. The van der Waals surface area contributed by atoms with Crippen molar-refractivity contribution in [3.05, 3.63) is 0 Å². The summed E-state index contributed by atoms with van der Waals surface area (Å²) < 4.78 is 0. The minimum atomic E-state index is -0.0132. The summed E-state index contributed by atoms with van der Waals surface area (Å²) in [4.78, 5) is 4.98. The third-order valence-corrected chi connectivity index (χ3v) is 5.14. The predicted octanol–water partition coefficient (Wildman–Crippen LogP) is 2.20. The lowest BCUT2D eigenvalue weighted by atomic mass is 9.87. The number of likely N-dealkylation sites (tertiary alicyclic amines) is 1. The fourth-order valence-corrected chi connectivity index (χ4v) is 3.61. The van der Waals surface area contributed by atoms with Crippen molar-refractivity contribution in [1.82, 2.24) is 9.80 Å². The molecule has 3 heteroatoms. The summed E-state index contributed by atoms with van der Waals surface area (Å²) in [6, 6.07) is 0. The van der Waals surface area contributed by atoms with Gasteiger partial charge in [0.2, 0.25) is 0 Å². The van der Waals surface area contributed by atoms with Crippen LogP contribution in [0.1, 0.15) is 44.9 Å². The molecule has 1 aliphatic heterocycles. The van der Waals surface area contributed by atoms with E-state index in [2.05, 4.69) is 23.9 Å². The average Bonchev–Trinajstić information content (AvgIpc) is 2.41. The Labute approximate surface area is 119 Å². The standard InChI is InChI=1S/C16H32N2O/c1-17-10-7-14(8-11-17)9-12-18(2)13-15-3-5-16(19)6-4-15/h14-16,19H,3-13H2,1-2H3. The predicted molar refractivity (Wildman–Crippen MR) is 80.3 cm³/mol. The zero-order valence-electron chi connectivity index (χ0n) is 12.9. The van der Waals surface area contributed by atoms with E-state index >= 15 is 0 Å². The molecular weight excluding hydrogens is 236 g/mol. The quantitative estimate of drug-likeness (QED) is 0.828. The molecule has 19 heavy (non-hydrogen) atoms. The van der Waals surface area contributed by atoms with Crippen LogP contribution in [0.15, 0.2) is 0 Å². The highest BCUT2D eigenvalue weighted by Gasteiger charge is 2.21. The summed E-state index contributed by atoms with van der Waals surface area (Å²) in [6.45, 7) is 5.07. The van der Waals surface area contributed by atoms with Gasteiger partial charge in [-0.2, -0.15) is 0 Å².